The van der Waals surface area contributed by atoms with Crippen molar-refractivity contribution in [2.75, 3.05) is 19.6 Å². The van der Waals surface area contributed by atoms with Gasteiger partial charge in [-0.2, -0.15) is 5.26 Å². The number of hydrogen-bond donors (Lipinski definition) is 1. The van der Waals surface area contributed by atoms with E-state index in [1.807, 2.05) is 36.4 Å². The summed E-state index contributed by atoms with van der Waals surface area (Å²) < 4.78 is 0. The highest BCUT2D eigenvalue weighted by atomic mass is 16.2. The van der Waals surface area contributed by atoms with Gasteiger partial charge in [-0.3, -0.25) is 4.79 Å². The van der Waals surface area contributed by atoms with Crippen LogP contribution in [0.25, 0.3) is 0 Å². The van der Waals surface area contributed by atoms with Crippen molar-refractivity contribution in [3.05, 3.63) is 73.0 Å². The Morgan fingerprint density at radius 1 is 1.23 bits per heavy atom. The Hall–Kier alpha value is -2.80. The fourth-order valence-corrected chi connectivity index (χ4v) is 1.90. The molecule has 0 aromatic heterocycles. The molecule has 0 fully saturated rings. The number of hydrogen-bond acceptors (Lipinski definition) is 3. The first-order valence-corrected chi connectivity index (χ1v) is 7.11. The fourth-order valence-electron chi connectivity index (χ4n) is 1.90. The van der Waals surface area contributed by atoms with Crippen LogP contribution in [0.3, 0.4) is 0 Å². The number of carbonyl (C=O) groups excluding carboxylic acids is 1. The molecule has 0 unspecified atom stereocenters. The average molecular weight is 295 g/mol. The van der Waals surface area contributed by atoms with Crippen LogP contribution in [-0.2, 0) is 11.2 Å². The van der Waals surface area contributed by atoms with E-state index in [0.29, 0.717) is 19.6 Å². The monoisotopic (exact) mass is 295 g/mol. The zero-order valence-electron chi connectivity index (χ0n) is 12.7. The van der Waals surface area contributed by atoms with Crippen LogP contribution in [0.5, 0.6) is 0 Å². The Morgan fingerprint density at radius 2 is 1.86 bits per heavy atom. The van der Waals surface area contributed by atoms with Crippen LogP contribution in [0.15, 0.2) is 67.4 Å². The van der Waals surface area contributed by atoms with Gasteiger partial charge < -0.3 is 10.2 Å². The van der Waals surface area contributed by atoms with Crippen LogP contribution < -0.4 is 5.32 Å². The molecule has 1 rings (SSSR count). The van der Waals surface area contributed by atoms with Crippen molar-refractivity contribution in [1.82, 2.24) is 10.2 Å². The minimum absolute atomic E-state index is 0.0803. The molecule has 1 aromatic rings. The Bertz CT molecular complexity index is 560. The third-order valence-electron chi connectivity index (χ3n) is 2.98. The van der Waals surface area contributed by atoms with E-state index in [1.165, 1.54) is 16.7 Å². The molecule has 22 heavy (non-hydrogen) atoms. The van der Waals surface area contributed by atoms with E-state index in [0.717, 1.165) is 6.42 Å². The lowest BCUT2D eigenvalue weighted by Crippen LogP contribution is -2.32. The van der Waals surface area contributed by atoms with Crippen LogP contribution in [0.1, 0.15) is 5.56 Å². The topological polar surface area (TPSA) is 56.1 Å². The van der Waals surface area contributed by atoms with Crippen molar-refractivity contribution in [2.45, 2.75) is 6.42 Å². The summed E-state index contributed by atoms with van der Waals surface area (Å²) in [6.07, 6.45) is 5.55. The maximum absolute atomic E-state index is 12.2. The number of nitrogens with zero attached hydrogens (tertiary/aromatic N) is 2. The minimum atomic E-state index is -0.325. The third kappa shape index (κ3) is 5.68. The van der Waals surface area contributed by atoms with Gasteiger partial charge in [0.15, 0.2) is 0 Å². The number of carbonyl (C=O) groups is 1. The molecule has 114 valence electrons. The van der Waals surface area contributed by atoms with E-state index >= 15 is 0 Å². The van der Waals surface area contributed by atoms with Gasteiger partial charge in [0.05, 0.1) is 0 Å². The summed E-state index contributed by atoms with van der Waals surface area (Å²) in [6.45, 7) is 8.65. The van der Waals surface area contributed by atoms with Gasteiger partial charge in [-0.25, -0.2) is 0 Å². The van der Waals surface area contributed by atoms with E-state index in [4.69, 9.17) is 5.26 Å². The Balaban J connectivity index is 2.58. The van der Waals surface area contributed by atoms with E-state index in [9.17, 15) is 4.79 Å². The van der Waals surface area contributed by atoms with Gasteiger partial charge in [-0.1, -0.05) is 42.5 Å². The second-order valence-corrected chi connectivity index (χ2v) is 4.65. The van der Waals surface area contributed by atoms with E-state index < -0.39 is 0 Å². The number of nitriles is 1. The van der Waals surface area contributed by atoms with Crippen molar-refractivity contribution in [3.8, 4) is 6.07 Å². The number of rotatable bonds is 9. The molecule has 1 amide bonds. The van der Waals surface area contributed by atoms with Gasteiger partial charge in [0, 0.05) is 25.8 Å². The van der Waals surface area contributed by atoms with E-state index in [1.54, 1.807) is 12.2 Å². The summed E-state index contributed by atoms with van der Waals surface area (Å²) in [5.74, 6) is -0.325. The first-order chi connectivity index (χ1) is 10.7. The fraction of sp³-hybridized carbons (Fsp3) is 0.222. The van der Waals surface area contributed by atoms with Crippen LogP contribution >= 0.6 is 0 Å². The summed E-state index contributed by atoms with van der Waals surface area (Å²) in [4.78, 5) is 13.7. The first-order valence-electron chi connectivity index (χ1n) is 7.11. The molecule has 4 heteroatoms. The molecular formula is C18H21N3O. The van der Waals surface area contributed by atoms with Crippen LogP contribution in [0, 0.1) is 11.3 Å². The van der Waals surface area contributed by atoms with Gasteiger partial charge in [0.1, 0.15) is 11.6 Å². The molecule has 0 atom stereocenters. The normalized spacial score (nSPS) is 10.4. The highest BCUT2D eigenvalue weighted by molar-refractivity contribution is 5.97. The summed E-state index contributed by atoms with van der Waals surface area (Å²) >= 11 is 0. The summed E-state index contributed by atoms with van der Waals surface area (Å²) in [5.41, 5.74) is 1.28. The molecule has 0 spiro atoms. The second-order valence-electron chi connectivity index (χ2n) is 4.65. The van der Waals surface area contributed by atoms with Crippen molar-refractivity contribution in [1.29, 1.82) is 5.26 Å². The molecule has 4 nitrogen and oxygen atoms in total. The van der Waals surface area contributed by atoms with Crippen molar-refractivity contribution >= 4 is 5.91 Å². The van der Waals surface area contributed by atoms with Crippen LogP contribution in [0.2, 0.25) is 0 Å². The van der Waals surface area contributed by atoms with Crippen molar-refractivity contribution in [3.63, 3.8) is 0 Å². The molecular weight excluding hydrogens is 274 g/mol. The quantitative estimate of drug-likeness (QED) is 0.329. The predicted octanol–water partition coefficient (Wildman–Crippen LogP) is 2.43. The Morgan fingerprint density at radius 3 is 2.41 bits per heavy atom. The highest BCUT2D eigenvalue weighted by Gasteiger charge is 2.15. The van der Waals surface area contributed by atoms with Gasteiger partial charge in [0.25, 0.3) is 5.91 Å². The van der Waals surface area contributed by atoms with Crippen LogP contribution in [0.4, 0.5) is 0 Å². The lowest BCUT2D eigenvalue weighted by atomic mass is 10.1. The lowest BCUT2D eigenvalue weighted by molar-refractivity contribution is -0.125. The van der Waals surface area contributed by atoms with Crippen LogP contribution in [-0.4, -0.2) is 30.4 Å². The maximum Gasteiger partial charge on any atom is 0.266 e. The number of nitrogens with one attached hydrogen (secondary N) is 1. The van der Waals surface area contributed by atoms with Gasteiger partial charge in [-0.15, -0.1) is 13.2 Å². The SMILES string of the molecule is C=CCN(CC=C)C(=O)/C(C#N)=C\NCCc1ccccc1. The van der Waals surface area contributed by atoms with E-state index in [-0.39, 0.29) is 11.5 Å². The largest absolute Gasteiger partial charge is 0.389 e. The third-order valence-corrected chi connectivity index (χ3v) is 2.98. The summed E-state index contributed by atoms with van der Waals surface area (Å²) in [6, 6.07) is 12.0. The molecule has 1 aromatic carbocycles. The molecule has 0 aliphatic heterocycles. The molecule has 0 radical (unpaired) electrons. The highest BCUT2D eigenvalue weighted by Crippen LogP contribution is 2.02. The predicted molar refractivity (Wildman–Crippen MR) is 88.8 cm³/mol. The smallest absolute Gasteiger partial charge is 0.266 e. The lowest BCUT2D eigenvalue weighted by Gasteiger charge is -2.18. The average Bonchev–Trinajstić information content (AvgIpc) is 2.55. The number of amides is 1. The second kappa shape index (κ2) is 10.0. The van der Waals surface area contributed by atoms with Crippen molar-refractivity contribution < 1.29 is 4.79 Å². The number of benzene rings is 1. The maximum atomic E-state index is 12.2. The zero-order valence-corrected chi connectivity index (χ0v) is 12.7. The van der Waals surface area contributed by atoms with Gasteiger partial charge >= 0.3 is 0 Å². The molecule has 0 aliphatic carbocycles. The molecule has 0 bridgehead atoms. The molecule has 0 heterocycles. The Kier molecular flexibility index (Phi) is 7.84. The Labute approximate surface area is 132 Å². The first kappa shape index (κ1) is 17.3. The van der Waals surface area contributed by atoms with Crippen molar-refractivity contribution in [2.24, 2.45) is 0 Å². The zero-order chi connectivity index (χ0) is 16.2. The minimum Gasteiger partial charge on any atom is -0.389 e. The summed E-state index contributed by atoms with van der Waals surface area (Å²) in [7, 11) is 0. The van der Waals surface area contributed by atoms with Gasteiger partial charge in [-0.05, 0) is 12.0 Å². The van der Waals surface area contributed by atoms with E-state index in [2.05, 4.69) is 18.5 Å². The standard InChI is InChI=1S/C18H21N3O/c1-3-12-21(13-4-2)18(22)17(14-19)15-20-11-10-16-8-6-5-7-9-16/h3-9,15,20H,1-2,10-13H2/b17-15-. The summed E-state index contributed by atoms with van der Waals surface area (Å²) in [5, 5.41) is 12.2. The molecule has 0 saturated heterocycles. The molecule has 0 aliphatic rings. The molecule has 1 N–H and O–H groups in total. The van der Waals surface area contributed by atoms with Gasteiger partial charge in [0.2, 0.25) is 0 Å². The molecule has 0 saturated carbocycles.